The van der Waals surface area contributed by atoms with Crippen molar-refractivity contribution in [3.8, 4) is 0 Å². The fourth-order valence-electron chi connectivity index (χ4n) is 2.95. The lowest BCUT2D eigenvalue weighted by atomic mass is 9.72. The van der Waals surface area contributed by atoms with Crippen LogP contribution in [0.15, 0.2) is 23.6 Å². The van der Waals surface area contributed by atoms with E-state index in [2.05, 4.69) is 15.6 Å². The SMILES string of the molecule is CC(Cn1cccn1)NC(=O)C1(C(N)=NO)CCCCC1. The minimum absolute atomic E-state index is 0.0194. The van der Waals surface area contributed by atoms with Gasteiger partial charge in [0.25, 0.3) is 0 Å². The molecule has 7 heteroatoms. The molecule has 7 nitrogen and oxygen atoms in total. The quantitative estimate of drug-likeness (QED) is 0.327. The van der Waals surface area contributed by atoms with Crippen molar-refractivity contribution in [2.75, 3.05) is 0 Å². The molecule has 0 aromatic carbocycles. The van der Waals surface area contributed by atoms with Gasteiger partial charge in [0.1, 0.15) is 5.41 Å². The second-order valence-corrected chi connectivity index (χ2v) is 5.73. The summed E-state index contributed by atoms with van der Waals surface area (Å²) in [6, 6.07) is 1.76. The predicted molar refractivity (Wildman–Crippen MR) is 78.8 cm³/mol. The standard InChI is InChI=1S/C14H23N5O2/c1-11(10-19-9-5-8-16-19)17-13(20)14(12(15)18-21)6-3-2-4-7-14/h5,8-9,11,21H,2-4,6-7,10H2,1H3,(H2,15,18)(H,17,20). The third-order valence-corrected chi connectivity index (χ3v) is 4.14. The number of oxime groups is 1. The maximum Gasteiger partial charge on any atom is 0.234 e. The van der Waals surface area contributed by atoms with E-state index in [1.165, 1.54) is 0 Å². The van der Waals surface area contributed by atoms with Gasteiger partial charge in [-0.25, -0.2) is 0 Å². The number of amides is 1. The van der Waals surface area contributed by atoms with E-state index in [-0.39, 0.29) is 17.8 Å². The smallest absolute Gasteiger partial charge is 0.234 e. The first-order valence-electron chi connectivity index (χ1n) is 7.35. The van der Waals surface area contributed by atoms with E-state index >= 15 is 0 Å². The van der Waals surface area contributed by atoms with E-state index < -0.39 is 5.41 Å². The third-order valence-electron chi connectivity index (χ3n) is 4.14. The molecule has 4 N–H and O–H groups in total. The van der Waals surface area contributed by atoms with Crippen molar-refractivity contribution in [1.29, 1.82) is 0 Å². The zero-order valence-electron chi connectivity index (χ0n) is 12.3. The van der Waals surface area contributed by atoms with Crippen LogP contribution < -0.4 is 11.1 Å². The molecule has 1 aromatic rings. The maximum absolute atomic E-state index is 12.6. The highest BCUT2D eigenvalue weighted by Crippen LogP contribution is 2.37. The summed E-state index contributed by atoms with van der Waals surface area (Å²) in [6.45, 7) is 2.51. The Bertz CT molecular complexity index is 491. The van der Waals surface area contributed by atoms with Gasteiger partial charge in [-0.15, -0.1) is 0 Å². The molecule has 1 aromatic heterocycles. The lowest BCUT2D eigenvalue weighted by Crippen LogP contribution is -2.53. The van der Waals surface area contributed by atoms with Gasteiger partial charge in [-0.05, 0) is 25.8 Å². The average Bonchev–Trinajstić information content (AvgIpc) is 2.99. The molecule has 1 unspecified atom stereocenters. The van der Waals surface area contributed by atoms with Gasteiger partial charge >= 0.3 is 0 Å². The minimum atomic E-state index is -0.870. The van der Waals surface area contributed by atoms with Crippen molar-refractivity contribution in [3.63, 3.8) is 0 Å². The first kappa shape index (κ1) is 15.3. The number of hydrogen-bond donors (Lipinski definition) is 3. The molecule has 0 bridgehead atoms. The summed E-state index contributed by atoms with van der Waals surface area (Å²) >= 11 is 0. The van der Waals surface area contributed by atoms with E-state index in [0.717, 1.165) is 19.3 Å². The monoisotopic (exact) mass is 293 g/mol. The lowest BCUT2D eigenvalue weighted by molar-refractivity contribution is -0.129. The summed E-state index contributed by atoms with van der Waals surface area (Å²) in [5.41, 5.74) is 4.95. The van der Waals surface area contributed by atoms with Crippen LogP contribution in [-0.2, 0) is 11.3 Å². The Hall–Kier alpha value is -2.05. The predicted octanol–water partition coefficient (Wildman–Crippen LogP) is 1.08. The van der Waals surface area contributed by atoms with Crippen LogP contribution in [0.5, 0.6) is 0 Å². The van der Waals surface area contributed by atoms with Gasteiger partial charge in [-0.2, -0.15) is 5.10 Å². The number of nitrogens with two attached hydrogens (primary N) is 1. The molecule has 0 saturated heterocycles. The molecule has 0 spiro atoms. The first-order chi connectivity index (χ1) is 10.1. The minimum Gasteiger partial charge on any atom is -0.409 e. The van der Waals surface area contributed by atoms with E-state index in [1.54, 1.807) is 10.9 Å². The van der Waals surface area contributed by atoms with Gasteiger partial charge in [-0.1, -0.05) is 24.4 Å². The second kappa shape index (κ2) is 6.60. The first-order valence-corrected chi connectivity index (χ1v) is 7.35. The summed E-state index contributed by atoms with van der Waals surface area (Å²) in [4.78, 5) is 12.6. The Morgan fingerprint density at radius 3 is 2.81 bits per heavy atom. The van der Waals surface area contributed by atoms with Gasteiger partial charge in [0, 0.05) is 18.4 Å². The molecule has 21 heavy (non-hydrogen) atoms. The van der Waals surface area contributed by atoms with Crippen molar-refractivity contribution >= 4 is 11.7 Å². The molecule has 1 aliphatic carbocycles. The fourth-order valence-corrected chi connectivity index (χ4v) is 2.95. The van der Waals surface area contributed by atoms with E-state index in [4.69, 9.17) is 10.9 Å². The van der Waals surface area contributed by atoms with Crippen molar-refractivity contribution in [1.82, 2.24) is 15.1 Å². The summed E-state index contributed by atoms with van der Waals surface area (Å²) in [6.07, 6.45) is 7.72. The van der Waals surface area contributed by atoms with Crippen LogP contribution in [0.4, 0.5) is 0 Å². The summed E-state index contributed by atoms with van der Waals surface area (Å²) in [7, 11) is 0. The van der Waals surface area contributed by atoms with Crippen LogP contribution in [0.2, 0.25) is 0 Å². The highest BCUT2D eigenvalue weighted by molar-refractivity contribution is 6.06. The summed E-state index contributed by atoms with van der Waals surface area (Å²) < 4.78 is 1.77. The molecular weight excluding hydrogens is 270 g/mol. The van der Waals surface area contributed by atoms with Crippen LogP contribution >= 0.6 is 0 Å². The molecule has 1 aliphatic rings. The Morgan fingerprint density at radius 1 is 1.52 bits per heavy atom. The van der Waals surface area contributed by atoms with Crippen LogP contribution in [0, 0.1) is 5.41 Å². The number of carbonyl (C=O) groups is 1. The molecule has 1 heterocycles. The van der Waals surface area contributed by atoms with E-state index in [9.17, 15) is 4.79 Å². The average molecular weight is 293 g/mol. The normalized spacial score (nSPS) is 20.0. The number of aromatic nitrogens is 2. The Morgan fingerprint density at radius 2 is 2.24 bits per heavy atom. The van der Waals surface area contributed by atoms with Crippen molar-refractivity contribution in [2.24, 2.45) is 16.3 Å². The highest BCUT2D eigenvalue weighted by atomic mass is 16.4. The number of rotatable bonds is 5. The van der Waals surface area contributed by atoms with Crippen LogP contribution in [0.25, 0.3) is 0 Å². The van der Waals surface area contributed by atoms with Crippen LogP contribution in [0.1, 0.15) is 39.0 Å². The topological polar surface area (TPSA) is 106 Å². The molecule has 1 amide bonds. The molecule has 0 radical (unpaired) electrons. The van der Waals surface area contributed by atoms with Gasteiger partial charge in [0.2, 0.25) is 5.91 Å². The van der Waals surface area contributed by atoms with Crippen molar-refractivity contribution in [2.45, 2.75) is 51.6 Å². The van der Waals surface area contributed by atoms with Crippen LogP contribution in [0.3, 0.4) is 0 Å². The van der Waals surface area contributed by atoms with Crippen LogP contribution in [-0.4, -0.2) is 32.8 Å². The number of nitrogens with zero attached hydrogens (tertiary/aromatic N) is 3. The summed E-state index contributed by atoms with van der Waals surface area (Å²) in [5, 5.41) is 19.2. The number of nitrogens with one attached hydrogen (secondary N) is 1. The number of amidine groups is 1. The van der Waals surface area contributed by atoms with Gasteiger partial charge in [-0.3, -0.25) is 9.48 Å². The maximum atomic E-state index is 12.6. The Labute approximate surface area is 124 Å². The molecule has 1 atom stereocenters. The summed E-state index contributed by atoms with van der Waals surface area (Å²) in [5.74, 6) is -0.136. The molecule has 1 saturated carbocycles. The number of carbonyl (C=O) groups excluding carboxylic acids is 1. The molecule has 2 rings (SSSR count). The third kappa shape index (κ3) is 3.34. The zero-order chi connectivity index (χ0) is 15.3. The van der Waals surface area contributed by atoms with Gasteiger partial charge < -0.3 is 16.3 Å². The highest BCUT2D eigenvalue weighted by Gasteiger charge is 2.44. The molecule has 0 aliphatic heterocycles. The van der Waals surface area contributed by atoms with Crippen molar-refractivity contribution < 1.29 is 10.0 Å². The van der Waals surface area contributed by atoms with E-state index in [0.29, 0.717) is 19.4 Å². The molecule has 1 fully saturated rings. The van der Waals surface area contributed by atoms with E-state index in [1.807, 2.05) is 19.2 Å². The van der Waals surface area contributed by atoms with Gasteiger partial charge in [0.05, 0.1) is 6.54 Å². The second-order valence-electron chi connectivity index (χ2n) is 5.73. The zero-order valence-corrected chi connectivity index (χ0v) is 12.3. The Balaban J connectivity index is 2.04. The molecular formula is C14H23N5O2. The largest absolute Gasteiger partial charge is 0.409 e. The number of hydrogen-bond acceptors (Lipinski definition) is 4. The van der Waals surface area contributed by atoms with Gasteiger partial charge in [0.15, 0.2) is 5.84 Å². The Kier molecular flexibility index (Phi) is 4.82. The fraction of sp³-hybridized carbons (Fsp3) is 0.643. The molecule has 116 valence electrons. The lowest BCUT2D eigenvalue weighted by Gasteiger charge is -2.35. The van der Waals surface area contributed by atoms with Crippen molar-refractivity contribution in [3.05, 3.63) is 18.5 Å².